The van der Waals surface area contributed by atoms with Crippen molar-refractivity contribution in [1.29, 1.82) is 0 Å². The molecule has 3 rings (SSSR count). The summed E-state index contributed by atoms with van der Waals surface area (Å²) in [6, 6.07) is 7.63. The first-order valence-corrected chi connectivity index (χ1v) is 5.56. The number of methoxy groups -OCH3 is 1. The molecule has 5 heteroatoms. The second kappa shape index (κ2) is 4.18. The first-order valence-electron chi connectivity index (χ1n) is 5.56. The summed E-state index contributed by atoms with van der Waals surface area (Å²) in [6.07, 6.45) is 0. The van der Waals surface area contributed by atoms with E-state index in [0.717, 1.165) is 30.2 Å². The van der Waals surface area contributed by atoms with E-state index >= 15 is 0 Å². The Labute approximate surface area is 98.8 Å². The molecule has 1 aliphatic rings. The molecule has 2 aromatic rings. The second-order valence-electron chi connectivity index (χ2n) is 4.01. The zero-order valence-electron chi connectivity index (χ0n) is 9.51. The Kier molecular flexibility index (Phi) is 2.53. The van der Waals surface area contributed by atoms with Gasteiger partial charge in [-0.15, -0.1) is 0 Å². The van der Waals surface area contributed by atoms with Gasteiger partial charge in [0, 0.05) is 19.0 Å². The van der Waals surface area contributed by atoms with Crippen molar-refractivity contribution in [2.24, 2.45) is 0 Å². The maximum absolute atomic E-state index is 5.28. The van der Waals surface area contributed by atoms with Crippen molar-refractivity contribution in [1.82, 2.24) is 15.5 Å². The molecule has 0 saturated carbocycles. The number of hydrogen-bond donors (Lipinski definition) is 1. The summed E-state index contributed by atoms with van der Waals surface area (Å²) in [5.74, 6) is 2.41. The molecular weight excluding hydrogens is 218 g/mol. The van der Waals surface area contributed by atoms with Crippen LogP contribution in [0.25, 0.3) is 11.5 Å². The predicted octanol–water partition coefficient (Wildman–Crippen LogP) is 1.43. The predicted molar refractivity (Wildman–Crippen MR) is 61.9 cm³/mol. The van der Waals surface area contributed by atoms with E-state index in [1.807, 2.05) is 24.3 Å². The van der Waals surface area contributed by atoms with Crippen LogP contribution in [-0.2, 0) is 0 Å². The van der Waals surface area contributed by atoms with Crippen LogP contribution in [0.3, 0.4) is 0 Å². The lowest BCUT2D eigenvalue weighted by Gasteiger charge is -2.23. The second-order valence-corrected chi connectivity index (χ2v) is 4.01. The minimum absolute atomic E-state index is 0.377. The molecular formula is C12H13N3O2. The fourth-order valence-electron chi connectivity index (χ4n) is 1.80. The van der Waals surface area contributed by atoms with Gasteiger partial charge in [0.1, 0.15) is 5.75 Å². The summed E-state index contributed by atoms with van der Waals surface area (Å²) in [4.78, 5) is 4.41. The van der Waals surface area contributed by atoms with Crippen molar-refractivity contribution in [2.45, 2.75) is 5.92 Å². The highest BCUT2D eigenvalue weighted by Crippen LogP contribution is 2.29. The van der Waals surface area contributed by atoms with Gasteiger partial charge in [0.25, 0.3) is 5.89 Å². The number of hydrogen-bond acceptors (Lipinski definition) is 5. The summed E-state index contributed by atoms with van der Waals surface area (Å²) in [6.45, 7) is 1.84. The summed E-state index contributed by atoms with van der Waals surface area (Å²) in [5.41, 5.74) is 0.834. The highest BCUT2D eigenvalue weighted by molar-refractivity contribution is 5.62. The zero-order valence-corrected chi connectivity index (χ0v) is 9.51. The first kappa shape index (κ1) is 10.3. The summed E-state index contributed by atoms with van der Waals surface area (Å²) in [7, 11) is 1.63. The molecule has 0 amide bonds. The lowest BCUT2D eigenvalue weighted by atomic mass is 10.0. The largest absolute Gasteiger partial charge is 0.496 e. The summed E-state index contributed by atoms with van der Waals surface area (Å²) < 4.78 is 10.6. The van der Waals surface area contributed by atoms with Crippen molar-refractivity contribution in [3.05, 3.63) is 30.1 Å². The van der Waals surface area contributed by atoms with Gasteiger partial charge in [-0.1, -0.05) is 17.3 Å². The Hall–Kier alpha value is -1.88. The number of rotatable bonds is 3. The van der Waals surface area contributed by atoms with Crippen molar-refractivity contribution < 1.29 is 9.26 Å². The molecule has 0 bridgehead atoms. The van der Waals surface area contributed by atoms with Crippen LogP contribution in [0.4, 0.5) is 0 Å². The molecule has 0 aliphatic carbocycles. The lowest BCUT2D eigenvalue weighted by Crippen LogP contribution is -2.40. The third-order valence-corrected chi connectivity index (χ3v) is 2.93. The first-order chi connectivity index (χ1) is 8.38. The van der Waals surface area contributed by atoms with E-state index in [0.29, 0.717) is 11.8 Å². The van der Waals surface area contributed by atoms with Crippen molar-refractivity contribution in [3.63, 3.8) is 0 Å². The summed E-state index contributed by atoms with van der Waals surface area (Å²) in [5, 5.41) is 7.19. The molecule has 0 radical (unpaired) electrons. The Morgan fingerprint density at radius 3 is 2.88 bits per heavy atom. The van der Waals surface area contributed by atoms with E-state index in [1.165, 1.54) is 0 Å². The standard InChI is InChI=1S/C12H13N3O2/c1-16-10-5-3-2-4-9(10)12-14-11(15-17-12)8-6-13-7-8/h2-5,8,13H,6-7H2,1H3. The molecule has 2 heterocycles. The molecule has 1 saturated heterocycles. The number of benzene rings is 1. The van der Waals surface area contributed by atoms with Crippen molar-refractivity contribution >= 4 is 0 Å². The van der Waals surface area contributed by atoms with E-state index in [-0.39, 0.29) is 0 Å². The number of nitrogens with one attached hydrogen (secondary N) is 1. The number of ether oxygens (including phenoxy) is 1. The van der Waals surface area contributed by atoms with E-state index in [4.69, 9.17) is 9.26 Å². The molecule has 1 aromatic carbocycles. The molecule has 5 nitrogen and oxygen atoms in total. The van der Waals surface area contributed by atoms with Gasteiger partial charge >= 0.3 is 0 Å². The molecule has 1 aromatic heterocycles. The van der Waals surface area contributed by atoms with E-state index in [2.05, 4.69) is 15.5 Å². The van der Waals surface area contributed by atoms with Gasteiger partial charge in [-0.05, 0) is 12.1 Å². The SMILES string of the molecule is COc1ccccc1-c1nc(C2CNC2)no1. The molecule has 1 N–H and O–H groups in total. The lowest BCUT2D eigenvalue weighted by molar-refractivity contribution is 0.379. The fraction of sp³-hybridized carbons (Fsp3) is 0.333. The van der Waals surface area contributed by atoms with Gasteiger partial charge in [0.15, 0.2) is 5.82 Å². The molecule has 0 unspecified atom stereocenters. The average molecular weight is 231 g/mol. The number of aromatic nitrogens is 2. The summed E-state index contributed by atoms with van der Waals surface area (Å²) >= 11 is 0. The third kappa shape index (κ3) is 1.78. The van der Waals surface area contributed by atoms with E-state index in [9.17, 15) is 0 Å². The van der Waals surface area contributed by atoms with Crippen LogP contribution in [0.15, 0.2) is 28.8 Å². The van der Waals surface area contributed by atoms with Gasteiger partial charge in [0.2, 0.25) is 0 Å². The Balaban J connectivity index is 1.94. The van der Waals surface area contributed by atoms with Crippen molar-refractivity contribution in [2.75, 3.05) is 20.2 Å². The maximum atomic E-state index is 5.28. The quantitative estimate of drug-likeness (QED) is 0.866. The van der Waals surface area contributed by atoms with Gasteiger partial charge in [-0.25, -0.2) is 0 Å². The monoisotopic (exact) mass is 231 g/mol. The third-order valence-electron chi connectivity index (χ3n) is 2.93. The maximum Gasteiger partial charge on any atom is 0.261 e. The van der Waals surface area contributed by atoms with Gasteiger partial charge in [-0.2, -0.15) is 4.98 Å². The molecule has 88 valence electrons. The molecule has 0 atom stereocenters. The molecule has 17 heavy (non-hydrogen) atoms. The van der Waals surface area contributed by atoms with Crippen LogP contribution in [0.2, 0.25) is 0 Å². The highest BCUT2D eigenvalue weighted by Gasteiger charge is 2.25. The van der Waals surface area contributed by atoms with Gasteiger partial charge in [-0.3, -0.25) is 0 Å². The van der Waals surface area contributed by atoms with Crippen molar-refractivity contribution in [3.8, 4) is 17.2 Å². The minimum Gasteiger partial charge on any atom is -0.496 e. The molecule has 1 fully saturated rings. The Bertz CT molecular complexity index is 520. The van der Waals surface area contributed by atoms with Crippen LogP contribution >= 0.6 is 0 Å². The van der Waals surface area contributed by atoms with Crippen LogP contribution in [0.1, 0.15) is 11.7 Å². The zero-order chi connectivity index (χ0) is 11.7. The van der Waals surface area contributed by atoms with Gasteiger partial charge < -0.3 is 14.6 Å². The highest BCUT2D eigenvalue weighted by atomic mass is 16.5. The normalized spacial score (nSPS) is 15.6. The molecule has 0 spiro atoms. The van der Waals surface area contributed by atoms with Crippen LogP contribution in [0, 0.1) is 0 Å². The average Bonchev–Trinajstić information content (AvgIpc) is 2.76. The number of para-hydroxylation sites is 1. The van der Waals surface area contributed by atoms with Crippen LogP contribution < -0.4 is 10.1 Å². The topological polar surface area (TPSA) is 60.2 Å². The molecule has 1 aliphatic heterocycles. The smallest absolute Gasteiger partial charge is 0.261 e. The van der Waals surface area contributed by atoms with Gasteiger partial charge in [0.05, 0.1) is 12.7 Å². The fourth-order valence-corrected chi connectivity index (χ4v) is 1.80. The van der Waals surface area contributed by atoms with E-state index in [1.54, 1.807) is 7.11 Å². The Morgan fingerprint density at radius 2 is 2.18 bits per heavy atom. The van der Waals surface area contributed by atoms with Crippen LogP contribution in [-0.4, -0.2) is 30.3 Å². The number of nitrogens with zero attached hydrogens (tertiary/aromatic N) is 2. The van der Waals surface area contributed by atoms with E-state index < -0.39 is 0 Å². The van der Waals surface area contributed by atoms with Crippen LogP contribution in [0.5, 0.6) is 5.75 Å². The Morgan fingerprint density at radius 1 is 1.35 bits per heavy atom. The minimum atomic E-state index is 0.377.